The van der Waals surface area contributed by atoms with Crippen molar-refractivity contribution in [2.75, 3.05) is 6.61 Å². The maximum Gasteiger partial charge on any atom is 0.301 e. The number of benzene rings is 1. The van der Waals surface area contributed by atoms with Crippen molar-refractivity contribution in [2.45, 2.75) is 13.5 Å². The third-order valence-electron chi connectivity index (χ3n) is 2.87. The largest absolute Gasteiger partial charge is 0.453 e. The molecule has 1 aromatic carbocycles. The van der Waals surface area contributed by atoms with Crippen molar-refractivity contribution >= 4 is 12.0 Å². The van der Waals surface area contributed by atoms with E-state index >= 15 is 0 Å². The second kappa shape index (κ2) is 7.42. The number of hydrazine groups is 1. The predicted molar refractivity (Wildman–Crippen MR) is 80.2 cm³/mol. The van der Waals surface area contributed by atoms with Crippen LogP contribution in [0.2, 0.25) is 0 Å². The van der Waals surface area contributed by atoms with Gasteiger partial charge < -0.3 is 9.15 Å². The first kappa shape index (κ1) is 15.0. The van der Waals surface area contributed by atoms with Crippen molar-refractivity contribution < 1.29 is 13.9 Å². The van der Waals surface area contributed by atoms with Gasteiger partial charge >= 0.3 is 5.91 Å². The Kier molecular flexibility index (Phi) is 5.31. The predicted octanol–water partition coefficient (Wildman–Crippen LogP) is 2.42. The molecule has 0 aliphatic rings. The number of hydrogen-bond acceptors (Lipinski definition) is 4. The molecule has 110 valence electrons. The summed E-state index contributed by atoms with van der Waals surface area (Å²) in [5.74, 6) is 5.45. The first-order valence-electron chi connectivity index (χ1n) is 6.60. The number of amides is 1. The quantitative estimate of drug-likeness (QED) is 0.370. The monoisotopic (exact) mass is 286 g/mol. The summed E-state index contributed by atoms with van der Waals surface area (Å²) >= 11 is 0. The fourth-order valence-electron chi connectivity index (χ4n) is 1.89. The lowest BCUT2D eigenvalue weighted by Gasteiger charge is -1.98. The van der Waals surface area contributed by atoms with Crippen LogP contribution in [0.4, 0.5) is 0 Å². The van der Waals surface area contributed by atoms with E-state index in [1.54, 1.807) is 13.0 Å². The molecule has 0 unspecified atom stereocenters. The van der Waals surface area contributed by atoms with E-state index < -0.39 is 5.91 Å². The summed E-state index contributed by atoms with van der Waals surface area (Å²) in [5, 5.41) is 0. The van der Waals surface area contributed by atoms with E-state index in [1.165, 1.54) is 0 Å². The Morgan fingerprint density at radius 2 is 2.14 bits per heavy atom. The minimum atomic E-state index is -0.442. The topological polar surface area (TPSA) is 77.5 Å². The molecule has 0 saturated heterocycles. The first-order chi connectivity index (χ1) is 10.2. The van der Waals surface area contributed by atoms with Gasteiger partial charge in [0.25, 0.3) is 0 Å². The average Bonchev–Trinajstić information content (AvgIpc) is 2.88. The number of carbonyl (C=O) groups is 1. The molecule has 5 nitrogen and oxygen atoms in total. The van der Waals surface area contributed by atoms with Crippen LogP contribution in [0.15, 0.2) is 46.9 Å². The lowest BCUT2D eigenvalue weighted by molar-refractivity contribution is 0.0911. The van der Waals surface area contributed by atoms with E-state index in [0.717, 1.165) is 11.1 Å². The number of aryl methyl sites for hydroxylation is 1. The molecule has 0 aliphatic carbocycles. The molecule has 2 aromatic rings. The lowest BCUT2D eigenvalue weighted by atomic mass is 10.2. The third kappa shape index (κ3) is 4.30. The van der Waals surface area contributed by atoms with Crippen LogP contribution in [0.25, 0.3) is 6.08 Å². The number of nitrogen functional groups attached to an aromatic ring is 1. The number of ether oxygens (including phenoxy) is 1. The van der Waals surface area contributed by atoms with Crippen LogP contribution in [0.5, 0.6) is 0 Å². The highest BCUT2D eigenvalue weighted by Gasteiger charge is 2.14. The number of nitrogens with two attached hydrogens (primary N) is 1. The Balaban J connectivity index is 1.81. The Hall–Kier alpha value is -2.37. The molecule has 0 radical (unpaired) electrons. The minimum Gasteiger partial charge on any atom is -0.453 e. The molecule has 3 N–H and O–H groups in total. The third-order valence-corrected chi connectivity index (χ3v) is 2.87. The van der Waals surface area contributed by atoms with E-state index in [0.29, 0.717) is 19.0 Å². The summed E-state index contributed by atoms with van der Waals surface area (Å²) in [6.07, 6.45) is 3.92. The van der Waals surface area contributed by atoms with Crippen molar-refractivity contribution in [1.29, 1.82) is 0 Å². The molecule has 1 aromatic heterocycles. The summed E-state index contributed by atoms with van der Waals surface area (Å²) in [6, 6.07) is 11.7. The molecule has 1 amide bonds. The molecule has 0 saturated carbocycles. The normalized spacial score (nSPS) is 11.0. The highest BCUT2D eigenvalue weighted by atomic mass is 16.5. The van der Waals surface area contributed by atoms with Crippen molar-refractivity contribution in [3.8, 4) is 0 Å². The lowest BCUT2D eigenvalue weighted by Crippen LogP contribution is -2.30. The van der Waals surface area contributed by atoms with Crippen LogP contribution in [0.1, 0.15) is 27.4 Å². The summed E-state index contributed by atoms with van der Waals surface area (Å²) in [5.41, 5.74) is 3.90. The zero-order valence-electron chi connectivity index (χ0n) is 11.8. The van der Waals surface area contributed by atoms with Crippen molar-refractivity contribution in [3.05, 3.63) is 65.1 Å². The molecule has 0 spiro atoms. The average molecular weight is 286 g/mol. The first-order valence-corrected chi connectivity index (χ1v) is 6.60. The fourth-order valence-corrected chi connectivity index (χ4v) is 1.89. The molecular weight excluding hydrogens is 268 g/mol. The molecule has 21 heavy (non-hydrogen) atoms. The highest BCUT2D eigenvalue weighted by Crippen LogP contribution is 2.15. The highest BCUT2D eigenvalue weighted by molar-refractivity contribution is 5.92. The van der Waals surface area contributed by atoms with Gasteiger partial charge in [-0.25, -0.2) is 5.84 Å². The zero-order chi connectivity index (χ0) is 15.1. The Labute approximate surface area is 123 Å². The van der Waals surface area contributed by atoms with E-state index in [1.807, 2.05) is 47.9 Å². The molecule has 0 bridgehead atoms. The van der Waals surface area contributed by atoms with Gasteiger partial charge in [-0.2, -0.15) is 0 Å². The Bertz CT molecular complexity index is 618. The number of rotatable bonds is 6. The van der Waals surface area contributed by atoms with Gasteiger partial charge in [0.2, 0.25) is 0 Å². The standard InChI is InChI=1S/C16H18N2O3/c1-12-10-14(21-15(12)16(19)18-17)11-20-9-5-8-13-6-3-2-4-7-13/h2-8,10H,9,11,17H2,1H3,(H,18,19). The van der Waals surface area contributed by atoms with Crippen molar-refractivity contribution in [2.24, 2.45) is 5.84 Å². The van der Waals surface area contributed by atoms with Crippen LogP contribution in [0.3, 0.4) is 0 Å². The SMILES string of the molecule is Cc1cc(COCC=Cc2ccccc2)oc1C(=O)NN. The second-order valence-corrected chi connectivity index (χ2v) is 4.53. The van der Waals surface area contributed by atoms with Gasteiger partial charge in [0, 0.05) is 5.56 Å². The number of nitrogens with one attached hydrogen (secondary N) is 1. The Morgan fingerprint density at radius 3 is 2.86 bits per heavy atom. The summed E-state index contributed by atoms with van der Waals surface area (Å²) in [6.45, 7) is 2.55. The molecular formula is C16H18N2O3. The summed E-state index contributed by atoms with van der Waals surface area (Å²) < 4.78 is 10.9. The van der Waals surface area contributed by atoms with Gasteiger partial charge in [0.1, 0.15) is 12.4 Å². The van der Waals surface area contributed by atoms with Crippen LogP contribution in [-0.4, -0.2) is 12.5 Å². The van der Waals surface area contributed by atoms with Gasteiger partial charge in [-0.05, 0) is 18.6 Å². The molecule has 2 rings (SSSR count). The summed E-state index contributed by atoms with van der Waals surface area (Å²) in [4.78, 5) is 11.4. The molecule has 0 atom stereocenters. The van der Waals surface area contributed by atoms with E-state index in [2.05, 4.69) is 0 Å². The van der Waals surface area contributed by atoms with Crippen LogP contribution in [-0.2, 0) is 11.3 Å². The van der Waals surface area contributed by atoms with Gasteiger partial charge in [0.15, 0.2) is 5.76 Å². The number of carbonyl (C=O) groups excluding carboxylic acids is 1. The van der Waals surface area contributed by atoms with Crippen LogP contribution >= 0.6 is 0 Å². The maximum absolute atomic E-state index is 11.4. The molecule has 0 fully saturated rings. The van der Waals surface area contributed by atoms with Crippen LogP contribution in [0, 0.1) is 6.92 Å². The maximum atomic E-state index is 11.4. The van der Waals surface area contributed by atoms with E-state index in [4.69, 9.17) is 15.0 Å². The van der Waals surface area contributed by atoms with Gasteiger partial charge in [0.05, 0.1) is 6.61 Å². The Morgan fingerprint density at radius 1 is 1.38 bits per heavy atom. The zero-order valence-corrected chi connectivity index (χ0v) is 11.8. The van der Waals surface area contributed by atoms with E-state index in [-0.39, 0.29) is 5.76 Å². The van der Waals surface area contributed by atoms with Gasteiger partial charge in [-0.15, -0.1) is 0 Å². The smallest absolute Gasteiger partial charge is 0.301 e. The van der Waals surface area contributed by atoms with Crippen LogP contribution < -0.4 is 11.3 Å². The van der Waals surface area contributed by atoms with E-state index in [9.17, 15) is 4.79 Å². The van der Waals surface area contributed by atoms with Gasteiger partial charge in [-0.1, -0.05) is 42.5 Å². The number of hydrogen-bond donors (Lipinski definition) is 2. The molecule has 5 heteroatoms. The van der Waals surface area contributed by atoms with Gasteiger partial charge in [-0.3, -0.25) is 10.2 Å². The fraction of sp³-hybridized carbons (Fsp3) is 0.188. The van der Waals surface area contributed by atoms with Crippen molar-refractivity contribution in [3.63, 3.8) is 0 Å². The second-order valence-electron chi connectivity index (χ2n) is 4.53. The summed E-state index contributed by atoms with van der Waals surface area (Å²) in [7, 11) is 0. The molecule has 1 heterocycles. The molecule has 0 aliphatic heterocycles. The number of furan rings is 1. The minimum absolute atomic E-state index is 0.218. The van der Waals surface area contributed by atoms with Crippen molar-refractivity contribution in [1.82, 2.24) is 5.43 Å².